The molecule has 1 fully saturated rings. The van der Waals surface area contributed by atoms with Crippen LogP contribution in [-0.4, -0.2) is 52.9 Å². The van der Waals surface area contributed by atoms with E-state index in [2.05, 4.69) is 4.74 Å². The van der Waals surface area contributed by atoms with Gasteiger partial charge in [0.1, 0.15) is 5.75 Å². The lowest BCUT2D eigenvalue weighted by atomic mass is 9.85. The molecule has 14 heteroatoms. The summed E-state index contributed by atoms with van der Waals surface area (Å²) in [5.74, 6) is -0.795. The predicted octanol–water partition coefficient (Wildman–Crippen LogP) is 7.14. The van der Waals surface area contributed by atoms with E-state index >= 15 is 0 Å². The zero-order valence-corrected chi connectivity index (χ0v) is 27.8. The first-order valence-electron chi connectivity index (χ1n) is 15.2. The lowest BCUT2D eigenvalue weighted by molar-refractivity contribution is -0.274. The van der Waals surface area contributed by atoms with E-state index in [1.54, 1.807) is 33.5 Å². The van der Waals surface area contributed by atoms with E-state index in [-0.39, 0.29) is 59.2 Å². The molecule has 5 rings (SSSR count). The van der Waals surface area contributed by atoms with Crippen molar-refractivity contribution in [1.82, 2.24) is 14.5 Å². The molecule has 252 valence electrons. The number of nitrogens with zero attached hydrogens (tertiary/aromatic N) is 4. The molecule has 2 heterocycles. The number of carbonyl (C=O) groups excluding carboxylic acids is 2. The smallest absolute Gasteiger partial charge is 0.469 e. The number of fused-ring (bicyclic) bond motifs is 1. The van der Waals surface area contributed by atoms with Gasteiger partial charge in [0.2, 0.25) is 5.95 Å². The Morgan fingerprint density at radius 3 is 2.30 bits per heavy atom. The van der Waals surface area contributed by atoms with Crippen molar-refractivity contribution in [3.8, 4) is 5.75 Å². The molecule has 0 radical (unpaired) electrons. The van der Waals surface area contributed by atoms with Crippen molar-refractivity contribution < 1.29 is 32.2 Å². The first-order chi connectivity index (χ1) is 22.2. The van der Waals surface area contributed by atoms with Gasteiger partial charge in [-0.2, -0.15) is 0 Å². The van der Waals surface area contributed by atoms with Crippen LogP contribution in [0.3, 0.4) is 0 Å². The monoisotopic (exact) mass is 694 g/mol. The van der Waals surface area contributed by atoms with Crippen molar-refractivity contribution in [2.75, 3.05) is 19.1 Å². The van der Waals surface area contributed by atoms with E-state index in [0.717, 1.165) is 0 Å². The molecule has 0 unspecified atom stereocenters. The standard InChI is InChI=1S/C33H35Cl2F3N4O5/c1-18-15-25-28(17-41(18)29(43)22-9-14-26(34)27(35)16-22)39-32(42(30(25)44)23-10-5-21(6-11-23)31(45)46-4)40(3)19(2)20-7-12-24(13-8-20)47-33(36,37)38/h7-9,12-14,16,18-19,21,23H,5-6,10-11,15,17H2,1-4H3/t18-,19+,21?,23?/m1/s1. The van der Waals surface area contributed by atoms with Crippen molar-refractivity contribution in [3.05, 3.63) is 85.2 Å². The minimum atomic E-state index is -4.81. The molecular formula is C33H35Cl2F3N4O5. The van der Waals surface area contributed by atoms with Crippen LogP contribution in [-0.2, 0) is 22.5 Å². The molecule has 0 bridgehead atoms. The number of methoxy groups -OCH3 is 1. The molecule has 1 aromatic heterocycles. The molecule has 2 aromatic carbocycles. The maximum Gasteiger partial charge on any atom is 0.573 e. The van der Waals surface area contributed by atoms with E-state index in [0.29, 0.717) is 59.0 Å². The fraction of sp³-hybridized carbons (Fsp3) is 0.455. The normalized spacial score (nSPS) is 20.3. The van der Waals surface area contributed by atoms with Crippen LogP contribution in [0.1, 0.15) is 78.8 Å². The summed E-state index contributed by atoms with van der Waals surface area (Å²) >= 11 is 12.2. The summed E-state index contributed by atoms with van der Waals surface area (Å²) in [5.41, 5.74) is 1.79. The number of esters is 1. The quantitative estimate of drug-likeness (QED) is 0.243. The van der Waals surface area contributed by atoms with Gasteiger partial charge in [-0.1, -0.05) is 35.3 Å². The van der Waals surface area contributed by atoms with Crippen molar-refractivity contribution in [2.24, 2.45) is 5.92 Å². The highest BCUT2D eigenvalue weighted by atomic mass is 35.5. The van der Waals surface area contributed by atoms with Crippen molar-refractivity contribution in [3.63, 3.8) is 0 Å². The third-order valence-electron chi connectivity index (χ3n) is 9.14. The number of halogens is 5. The van der Waals surface area contributed by atoms with Gasteiger partial charge in [-0.15, -0.1) is 13.2 Å². The molecule has 0 N–H and O–H groups in total. The minimum Gasteiger partial charge on any atom is -0.469 e. The summed E-state index contributed by atoms with van der Waals surface area (Å²) in [5, 5.41) is 0.578. The van der Waals surface area contributed by atoms with Crippen molar-refractivity contribution in [1.29, 1.82) is 0 Å². The fourth-order valence-electron chi connectivity index (χ4n) is 6.39. The third kappa shape index (κ3) is 7.38. The number of aromatic nitrogens is 2. The molecule has 1 aliphatic heterocycles. The second-order valence-electron chi connectivity index (χ2n) is 12.1. The number of hydrogen-bond acceptors (Lipinski definition) is 7. The van der Waals surface area contributed by atoms with Crippen molar-refractivity contribution >= 4 is 41.0 Å². The van der Waals surface area contributed by atoms with Gasteiger partial charge < -0.3 is 19.3 Å². The highest BCUT2D eigenvalue weighted by Gasteiger charge is 2.36. The van der Waals surface area contributed by atoms with Crippen LogP contribution in [0.2, 0.25) is 10.0 Å². The van der Waals surface area contributed by atoms with Gasteiger partial charge in [0.25, 0.3) is 11.5 Å². The lowest BCUT2D eigenvalue weighted by Crippen LogP contribution is -2.47. The summed E-state index contributed by atoms with van der Waals surface area (Å²) in [6.07, 6.45) is -2.34. The van der Waals surface area contributed by atoms with Gasteiger partial charge >= 0.3 is 12.3 Å². The molecule has 9 nitrogen and oxygen atoms in total. The Balaban J connectivity index is 1.52. The van der Waals surface area contributed by atoms with E-state index in [9.17, 15) is 27.6 Å². The number of alkyl halides is 3. The number of amides is 1. The first-order valence-corrected chi connectivity index (χ1v) is 16.0. The van der Waals surface area contributed by atoms with E-state index in [1.807, 2.05) is 13.8 Å². The minimum absolute atomic E-state index is 0.0828. The number of ether oxygens (including phenoxy) is 2. The van der Waals surface area contributed by atoms with Gasteiger partial charge in [0.15, 0.2) is 0 Å². The summed E-state index contributed by atoms with van der Waals surface area (Å²) in [6, 6.07) is 9.22. The second-order valence-corrected chi connectivity index (χ2v) is 12.9. The second kappa shape index (κ2) is 13.8. The Labute approximate surface area is 280 Å². The van der Waals surface area contributed by atoms with E-state index in [4.69, 9.17) is 32.9 Å². The number of benzene rings is 2. The van der Waals surface area contributed by atoms with Gasteiger partial charge in [0, 0.05) is 30.3 Å². The van der Waals surface area contributed by atoms with Gasteiger partial charge in [-0.3, -0.25) is 19.0 Å². The SMILES string of the molecule is COC(=O)C1CCC(n2c(N(C)[C@@H](C)c3ccc(OC(F)(F)F)cc3)nc3c(c2=O)C[C@@H](C)N(C(=O)c2ccc(Cl)c(Cl)c2)C3)CC1. The van der Waals surface area contributed by atoms with Crippen LogP contribution < -0.4 is 15.2 Å². The number of anilines is 1. The molecule has 1 aliphatic carbocycles. The van der Waals surface area contributed by atoms with Crippen LogP contribution >= 0.6 is 23.2 Å². The average molecular weight is 696 g/mol. The molecule has 2 atom stereocenters. The Kier molecular flexibility index (Phi) is 10.1. The molecular weight excluding hydrogens is 660 g/mol. The highest BCUT2D eigenvalue weighted by Crippen LogP contribution is 2.37. The number of rotatable bonds is 7. The van der Waals surface area contributed by atoms with Gasteiger partial charge in [0.05, 0.1) is 41.4 Å². The van der Waals surface area contributed by atoms with Crippen LogP contribution in [0.5, 0.6) is 5.75 Å². The molecule has 3 aromatic rings. The van der Waals surface area contributed by atoms with Crippen LogP contribution in [0.4, 0.5) is 19.1 Å². The zero-order chi connectivity index (χ0) is 34.2. The summed E-state index contributed by atoms with van der Waals surface area (Å²) in [7, 11) is 3.12. The average Bonchev–Trinajstić information content (AvgIpc) is 3.04. The molecule has 0 saturated heterocycles. The topological polar surface area (TPSA) is 94.0 Å². The Morgan fingerprint density at radius 2 is 1.70 bits per heavy atom. The third-order valence-corrected chi connectivity index (χ3v) is 9.88. The Hall–Kier alpha value is -3.77. The highest BCUT2D eigenvalue weighted by molar-refractivity contribution is 6.42. The molecule has 0 spiro atoms. The summed E-state index contributed by atoms with van der Waals surface area (Å²) in [6.45, 7) is 3.81. The van der Waals surface area contributed by atoms with Gasteiger partial charge in [-0.25, -0.2) is 4.98 Å². The molecule has 47 heavy (non-hydrogen) atoms. The Bertz CT molecular complexity index is 1710. The van der Waals surface area contributed by atoms with Gasteiger partial charge in [-0.05, 0) is 81.8 Å². The summed E-state index contributed by atoms with van der Waals surface area (Å²) < 4.78 is 48.9. The Morgan fingerprint density at radius 1 is 1.04 bits per heavy atom. The fourth-order valence-corrected chi connectivity index (χ4v) is 6.68. The molecule has 2 aliphatic rings. The predicted molar refractivity (Wildman–Crippen MR) is 171 cm³/mol. The maximum absolute atomic E-state index is 14.4. The zero-order valence-electron chi connectivity index (χ0n) is 26.3. The van der Waals surface area contributed by atoms with E-state index < -0.39 is 12.4 Å². The largest absolute Gasteiger partial charge is 0.573 e. The number of carbonyl (C=O) groups is 2. The van der Waals surface area contributed by atoms with Crippen LogP contribution in [0.15, 0.2) is 47.3 Å². The lowest BCUT2D eigenvalue weighted by Gasteiger charge is -2.38. The van der Waals surface area contributed by atoms with Crippen LogP contribution in [0.25, 0.3) is 0 Å². The first kappa shape index (κ1) is 34.6. The van der Waals surface area contributed by atoms with Crippen LogP contribution in [0, 0.1) is 5.92 Å². The summed E-state index contributed by atoms with van der Waals surface area (Å²) in [4.78, 5) is 48.6. The maximum atomic E-state index is 14.4. The molecule has 1 saturated carbocycles. The van der Waals surface area contributed by atoms with E-state index in [1.165, 1.54) is 37.4 Å². The molecule has 1 amide bonds. The number of hydrogen-bond donors (Lipinski definition) is 0. The van der Waals surface area contributed by atoms with Crippen molar-refractivity contribution in [2.45, 2.75) is 77.0 Å².